The standard InChI is InChI=1S/C14H18N4O3S2/c1-21-11-4-2-10(3-5-11)6-15-14(22)17-16-12(19)7-18-9-23-8-13(18)20/h2-5H,6-9H2,1H3,(H,16,19)(H2,15,17,22). The average Bonchev–Trinajstić information content (AvgIpc) is 2.96. The highest BCUT2D eigenvalue weighted by Crippen LogP contribution is 2.13. The molecule has 0 unspecified atom stereocenters. The van der Waals surface area contributed by atoms with Crippen molar-refractivity contribution in [1.29, 1.82) is 0 Å². The molecule has 1 aromatic carbocycles. The molecule has 1 fully saturated rings. The van der Waals surface area contributed by atoms with Crippen LogP contribution in [0, 0.1) is 0 Å². The molecule has 2 rings (SSSR count). The fraction of sp³-hybridized carbons (Fsp3) is 0.357. The van der Waals surface area contributed by atoms with E-state index in [0.29, 0.717) is 23.3 Å². The van der Waals surface area contributed by atoms with E-state index >= 15 is 0 Å². The van der Waals surface area contributed by atoms with Crippen molar-refractivity contribution in [3.05, 3.63) is 29.8 Å². The number of benzene rings is 1. The van der Waals surface area contributed by atoms with Gasteiger partial charge in [-0.2, -0.15) is 0 Å². The zero-order chi connectivity index (χ0) is 16.7. The molecule has 3 N–H and O–H groups in total. The van der Waals surface area contributed by atoms with Crippen molar-refractivity contribution in [3.63, 3.8) is 0 Å². The predicted octanol–water partition coefficient (Wildman–Crippen LogP) is 0.223. The molecule has 0 aliphatic carbocycles. The second kappa shape index (κ2) is 8.59. The van der Waals surface area contributed by atoms with Gasteiger partial charge in [0.25, 0.3) is 5.91 Å². The molecule has 23 heavy (non-hydrogen) atoms. The fourth-order valence-corrected chi connectivity index (χ4v) is 2.88. The van der Waals surface area contributed by atoms with E-state index < -0.39 is 0 Å². The summed E-state index contributed by atoms with van der Waals surface area (Å²) in [6, 6.07) is 7.56. The fourth-order valence-electron chi connectivity index (χ4n) is 1.85. The smallest absolute Gasteiger partial charge is 0.258 e. The van der Waals surface area contributed by atoms with Crippen LogP contribution in [0.2, 0.25) is 0 Å². The number of hydrogen-bond acceptors (Lipinski definition) is 5. The maximum absolute atomic E-state index is 11.7. The summed E-state index contributed by atoms with van der Waals surface area (Å²) in [4.78, 5) is 24.6. The maximum Gasteiger partial charge on any atom is 0.258 e. The van der Waals surface area contributed by atoms with E-state index in [-0.39, 0.29) is 18.4 Å². The number of thiocarbonyl (C=S) groups is 1. The number of rotatable bonds is 5. The van der Waals surface area contributed by atoms with Crippen LogP contribution in [0.3, 0.4) is 0 Å². The first-order valence-electron chi connectivity index (χ1n) is 6.89. The SMILES string of the molecule is COc1ccc(CNC(=S)NNC(=O)CN2CSCC2=O)cc1. The summed E-state index contributed by atoms with van der Waals surface area (Å²) < 4.78 is 5.09. The molecule has 0 bridgehead atoms. The van der Waals surface area contributed by atoms with Crippen molar-refractivity contribution in [2.75, 3.05) is 25.3 Å². The van der Waals surface area contributed by atoms with Crippen molar-refractivity contribution in [2.45, 2.75) is 6.54 Å². The molecule has 0 radical (unpaired) electrons. The number of nitrogens with one attached hydrogen (secondary N) is 3. The summed E-state index contributed by atoms with van der Waals surface area (Å²) in [5, 5.41) is 3.28. The van der Waals surface area contributed by atoms with E-state index in [4.69, 9.17) is 17.0 Å². The number of carbonyl (C=O) groups is 2. The van der Waals surface area contributed by atoms with E-state index in [0.717, 1.165) is 11.3 Å². The quantitative estimate of drug-likeness (QED) is 0.515. The van der Waals surface area contributed by atoms with Gasteiger partial charge in [-0.25, -0.2) is 0 Å². The first-order chi connectivity index (χ1) is 11.1. The largest absolute Gasteiger partial charge is 0.497 e. The molecule has 0 saturated carbocycles. The Bertz CT molecular complexity index is 580. The minimum atomic E-state index is -0.311. The van der Waals surface area contributed by atoms with E-state index in [1.165, 1.54) is 16.7 Å². The molecular formula is C14H18N4O3S2. The van der Waals surface area contributed by atoms with Crippen LogP contribution in [0.25, 0.3) is 0 Å². The first-order valence-corrected chi connectivity index (χ1v) is 8.46. The van der Waals surface area contributed by atoms with Crippen LogP contribution in [0.4, 0.5) is 0 Å². The Hall–Kier alpha value is -2.00. The Balaban J connectivity index is 1.66. The van der Waals surface area contributed by atoms with Gasteiger partial charge in [-0.1, -0.05) is 12.1 Å². The molecule has 1 aliphatic rings. The summed E-state index contributed by atoms with van der Waals surface area (Å²) >= 11 is 6.57. The highest BCUT2D eigenvalue weighted by Gasteiger charge is 2.22. The van der Waals surface area contributed by atoms with E-state index in [1.807, 2.05) is 24.3 Å². The predicted molar refractivity (Wildman–Crippen MR) is 92.7 cm³/mol. The summed E-state index contributed by atoms with van der Waals surface area (Å²) in [6.45, 7) is 0.548. The Morgan fingerprint density at radius 2 is 2.09 bits per heavy atom. The lowest BCUT2D eigenvalue weighted by atomic mass is 10.2. The number of nitrogens with zero attached hydrogens (tertiary/aromatic N) is 1. The number of ether oxygens (including phenoxy) is 1. The lowest BCUT2D eigenvalue weighted by Crippen LogP contribution is -2.49. The minimum Gasteiger partial charge on any atom is -0.497 e. The summed E-state index contributed by atoms with van der Waals surface area (Å²) in [5.41, 5.74) is 6.11. The number of thioether (sulfide) groups is 1. The van der Waals surface area contributed by atoms with Crippen molar-refractivity contribution >= 4 is 40.9 Å². The Morgan fingerprint density at radius 1 is 1.35 bits per heavy atom. The second-order valence-electron chi connectivity index (χ2n) is 4.77. The molecule has 0 aromatic heterocycles. The highest BCUT2D eigenvalue weighted by atomic mass is 32.2. The van der Waals surface area contributed by atoms with Crippen LogP contribution < -0.4 is 20.9 Å². The van der Waals surface area contributed by atoms with Crippen LogP contribution in [-0.2, 0) is 16.1 Å². The number of methoxy groups -OCH3 is 1. The van der Waals surface area contributed by atoms with Crippen LogP contribution in [-0.4, -0.2) is 47.1 Å². The molecule has 124 valence electrons. The zero-order valence-corrected chi connectivity index (χ0v) is 14.3. The first kappa shape index (κ1) is 17.4. The van der Waals surface area contributed by atoms with Crippen molar-refractivity contribution in [3.8, 4) is 5.75 Å². The third-order valence-electron chi connectivity index (χ3n) is 3.09. The summed E-state index contributed by atoms with van der Waals surface area (Å²) in [5.74, 6) is 1.44. The normalized spacial score (nSPS) is 13.6. The average molecular weight is 354 g/mol. The van der Waals surface area contributed by atoms with Crippen LogP contribution >= 0.6 is 24.0 Å². The molecule has 1 aromatic rings. The third kappa shape index (κ3) is 5.61. The lowest BCUT2D eigenvalue weighted by Gasteiger charge is -2.16. The van der Waals surface area contributed by atoms with Gasteiger partial charge in [-0.05, 0) is 29.9 Å². The molecule has 0 spiro atoms. The summed E-state index contributed by atoms with van der Waals surface area (Å²) in [7, 11) is 1.61. The van der Waals surface area contributed by atoms with Gasteiger partial charge in [0.1, 0.15) is 12.3 Å². The number of carbonyl (C=O) groups excluding carboxylic acids is 2. The molecule has 0 atom stereocenters. The van der Waals surface area contributed by atoms with Gasteiger partial charge in [0.2, 0.25) is 5.91 Å². The molecule has 1 saturated heterocycles. The van der Waals surface area contributed by atoms with Crippen LogP contribution in [0.15, 0.2) is 24.3 Å². The number of amides is 2. The van der Waals surface area contributed by atoms with Gasteiger partial charge in [0, 0.05) is 6.54 Å². The second-order valence-corrected chi connectivity index (χ2v) is 6.14. The van der Waals surface area contributed by atoms with E-state index in [1.54, 1.807) is 7.11 Å². The van der Waals surface area contributed by atoms with Crippen LogP contribution in [0.1, 0.15) is 5.56 Å². The minimum absolute atomic E-state index is 0.0228. The van der Waals surface area contributed by atoms with Gasteiger partial charge in [-0.15, -0.1) is 11.8 Å². The highest BCUT2D eigenvalue weighted by molar-refractivity contribution is 8.00. The molecule has 1 aliphatic heterocycles. The maximum atomic E-state index is 11.7. The Morgan fingerprint density at radius 3 is 2.70 bits per heavy atom. The van der Waals surface area contributed by atoms with Gasteiger partial charge >= 0.3 is 0 Å². The van der Waals surface area contributed by atoms with Gasteiger partial charge in [0.05, 0.1) is 18.7 Å². The van der Waals surface area contributed by atoms with Crippen molar-refractivity contribution < 1.29 is 14.3 Å². The van der Waals surface area contributed by atoms with Crippen molar-refractivity contribution in [2.24, 2.45) is 0 Å². The summed E-state index contributed by atoms with van der Waals surface area (Å²) in [6.07, 6.45) is 0. The van der Waals surface area contributed by atoms with Gasteiger partial charge in [0.15, 0.2) is 5.11 Å². The Labute approximate surface area is 144 Å². The third-order valence-corrected chi connectivity index (χ3v) is 4.28. The topological polar surface area (TPSA) is 82.7 Å². The van der Waals surface area contributed by atoms with E-state index in [9.17, 15) is 9.59 Å². The number of hydrazine groups is 1. The number of hydrogen-bond donors (Lipinski definition) is 3. The lowest BCUT2D eigenvalue weighted by molar-refractivity contribution is -0.132. The zero-order valence-electron chi connectivity index (χ0n) is 12.6. The molecule has 2 amide bonds. The van der Waals surface area contributed by atoms with E-state index in [2.05, 4.69) is 16.2 Å². The molecule has 1 heterocycles. The van der Waals surface area contributed by atoms with Gasteiger partial charge in [-0.3, -0.25) is 20.4 Å². The molecule has 7 nitrogen and oxygen atoms in total. The molecule has 9 heteroatoms. The Kier molecular flexibility index (Phi) is 6.48. The monoisotopic (exact) mass is 354 g/mol. The van der Waals surface area contributed by atoms with Crippen molar-refractivity contribution in [1.82, 2.24) is 21.1 Å². The van der Waals surface area contributed by atoms with Crippen LogP contribution in [0.5, 0.6) is 5.75 Å². The van der Waals surface area contributed by atoms with Gasteiger partial charge < -0.3 is 15.0 Å². The molecular weight excluding hydrogens is 336 g/mol.